The number of sulfonamides is 1. The molecule has 0 spiro atoms. The molecular formula is C13H15NO5S. The number of carboxylic acid groups (broad SMARTS) is 1. The van der Waals surface area contributed by atoms with Gasteiger partial charge in [0.05, 0.1) is 16.9 Å². The van der Waals surface area contributed by atoms with Gasteiger partial charge in [0.2, 0.25) is 0 Å². The summed E-state index contributed by atoms with van der Waals surface area (Å²) in [6.45, 7) is 0.753. The fraction of sp³-hybridized carbons (Fsp3) is 0.462. The second-order valence-electron chi connectivity index (χ2n) is 5.13. The number of nitrogens with zero attached hydrogens (tertiary/aromatic N) is 1. The Morgan fingerprint density at radius 2 is 1.90 bits per heavy atom. The molecule has 2 aliphatic rings. The number of hydrogen-bond donors (Lipinski definition) is 1. The standard InChI is InChI=1S/C13H15NO5S/c15-12(16)13(6-7-13)10-2-4-11(5-3-10)20(17,18)14-8-1-9-19-14/h2-5H,1,6-9H2,(H,15,16). The molecule has 0 unspecified atom stereocenters. The zero-order chi connectivity index (χ0) is 14.4. The first-order valence-electron chi connectivity index (χ1n) is 6.46. The Morgan fingerprint density at radius 1 is 1.25 bits per heavy atom. The topological polar surface area (TPSA) is 83.9 Å². The summed E-state index contributed by atoms with van der Waals surface area (Å²) in [6, 6.07) is 6.08. The van der Waals surface area contributed by atoms with Crippen LogP contribution in [0, 0.1) is 0 Å². The molecule has 2 fully saturated rings. The largest absolute Gasteiger partial charge is 0.481 e. The normalized spacial score (nSPS) is 21.8. The summed E-state index contributed by atoms with van der Waals surface area (Å²) < 4.78 is 25.5. The maximum absolute atomic E-state index is 12.2. The SMILES string of the molecule is O=C(O)C1(c2ccc(S(=O)(=O)N3CCCO3)cc2)CC1. The highest BCUT2D eigenvalue weighted by molar-refractivity contribution is 7.89. The van der Waals surface area contributed by atoms with Crippen LogP contribution in [0.4, 0.5) is 0 Å². The molecule has 0 aromatic heterocycles. The average molecular weight is 297 g/mol. The van der Waals surface area contributed by atoms with Crippen LogP contribution in [-0.4, -0.2) is 37.1 Å². The summed E-state index contributed by atoms with van der Waals surface area (Å²) in [7, 11) is -3.64. The molecule has 1 aliphatic heterocycles. The maximum Gasteiger partial charge on any atom is 0.314 e. The van der Waals surface area contributed by atoms with Crippen LogP contribution in [0.2, 0.25) is 0 Å². The minimum absolute atomic E-state index is 0.129. The van der Waals surface area contributed by atoms with Gasteiger partial charge in [0.25, 0.3) is 10.0 Å². The first-order chi connectivity index (χ1) is 9.47. The summed E-state index contributed by atoms with van der Waals surface area (Å²) in [5.41, 5.74) is -0.154. The van der Waals surface area contributed by atoms with Crippen molar-refractivity contribution in [1.82, 2.24) is 4.47 Å². The van der Waals surface area contributed by atoms with Crippen molar-refractivity contribution in [2.75, 3.05) is 13.2 Å². The van der Waals surface area contributed by atoms with E-state index in [1.54, 1.807) is 12.1 Å². The molecule has 0 radical (unpaired) electrons. The van der Waals surface area contributed by atoms with Gasteiger partial charge < -0.3 is 5.11 Å². The highest BCUT2D eigenvalue weighted by Crippen LogP contribution is 2.48. The molecule has 0 bridgehead atoms. The summed E-state index contributed by atoms with van der Waals surface area (Å²) in [6.07, 6.45) is 1.88. The van der Waals surface area contributed by atoms with Crippen molar-refractivity contribution in [2.45, 2.75) is 29.6 Å². The van der Waals surface area contributed by atoms with E-state index in [0.29, 0.717) is 38.0 Å². The third-order valence-corrected chi connectivity index (χ3v) is 5.54. The monoisotopic (exact) mass is 297 g/mol. The summed E-state index contributed by atoms with van der Waals surface area (Å²) in [5, 5.41) is 9.21. The number of rotatable bonds is 4. The zero-order valence-corrected chi connectivity index (χ0v) is 11.6. The predicted octanol–water partition coefficient (Wildman–Crippen LogP) is 1.13. The molecule has 108 valence electrons. The number of carbonyl (C=O) groups is 1. The Kier molecular flexibility index (Phi) is 3.07. The quantitative estimate of drug-likeness (QED) is 0.900. The average Bonchev–Trinajstić information content (AvgIpc) is 3.06. The lowest BCUT2D eigenvalue weighted by Crippen LogP contribution is -2.27. The molecule has 0 amide bonds. The molecule has 1 saturated heterocycles. The van der Waals surface area contributed by atoms with Crippen LogP contribution < -0.4 is 0 Å². The Morgan fingerprint density at radius 3 is 2.35 bits per heavy atom. The molecule has 7 heteroatoms. The molecule has 1 aromatic rings. The number of hydroxylamine groups is 1. The Hall–Kier alpha value is -1.44. The maximum atomic E-state index is 12.2. The van der Waals surface area contributed by atoms with Gasteiger partial charge in [-0.15, -0.1) is 0 Å². The van der Waals surface area contributed by atoms with Crippen LogP contribution in [0.1, 0.15) is 24.8 Å². The lowest BCUT2D eigenvalue weighted by molar-refractivity contribution is -0.140. The van der Waals surface area contributed by atoms with Crippen LogP contribution in [0.15, 0.2) is 29.2 Å². The van der Waals surface area contributed by atoms with Gasteiger partial charge in [-0.05, 0) is 37.0 Å². The molecule has 20 heavy (non-hydrogen) atoms. The third kappa shape index (κ3) is 2.02. The van der Waals surface area contributed by atoms with Crippen molar-refractivity contribution in [3.05, 3.63) is 29.8 Å². The number of hydrogen-bond acceptors (Lipinski definition) is 4. The summed E-state index contributed by atoms with van der Waals surface area (Å²) >= 11 is 0. The van der Waals surface area contributed by atoms with Crippen LogP contribution in [0.5, 0.6) is 0 Å². The van der Waals surface area contributed by atoms with Crippen molar-refractivity contribution in [2.24, 2.45) is 0 Å². The van der Waals surface area contributed by atoms with E-state index < -0.39 is 21.4 Å². The number of aliphatic carboxylic acids is 1. The number of benzene rings is 1. The lowest BCUT2D eigenvalue weighted by atomic mass is 9.96. The van der Waals surface area contributed by atoms with Crippen LogP contribution >= 0.6 is 0 Å². The lowest BCUT2D eigenvalue weighted by Gasteiger charge is -2.15. The van der Waals surface area contributed by atoms with Gasteiger partial charge in [-0.1, -0.05) is 16.6 Å². The molecule has 1 saturated carbocycles. The van der Waals surface area contributed by atoms with Crippen molar-refractivity contribution in [1.29, 1.82) is 0 Å². The highest BCUT2D eigenvalue weighted by Gasteiger charge is 2.51. The third-order valence-electron chi connectivity index (χ3n) is 3.85. The molecule has 0 atom stereocenters. The van der Waals surface area contributed by atoms with E-state index >= 15 is 0 Å². The molecule has 1 N–H and O–H groups in total. The van der Waals surface area contributed by atoms with E-state index in [1.807, 2.05) is 0 Å². The Balaban J connectivity index is 1.88. The van der Waals surface area contributed by atoms with Gasteiger partial charge >= 0.3 is 5.97 Å². The molecule has 1 heterocycles. The smallest absolute Gasteiger partial charge is 0.314 e. The van der Waals surface area contributed by atoms with Gasteiger partial charge in [-0.2, -0.15) is 0 Å². The van der Waals surface area contributed by atoms with E-state index in [4.69, 9.17) is 4.84 Å². The fourth-order valence-electron chi connectivity index (χ4n) is 2.43. The van der Waals surface area contributed by atoms with Gasteiger partial charge in [0.1, 0.15) is 0 Å². The van der Waals surface area contributed by atoms with Gasteiger partial charge in [0, 0.05) is 6.54 Å². The summed E-state index contributed by atoms with van der Waals surface area (Å²) in [5.74, 6) is -0.851. The van der Waals surface area contributed by atoms with E-state index in [9.17, 15) is 18.3 Å². The zero-order valence-electron chi connectivity index (χ0n) is 10.8. The second kappa shape index (κ2) is 4.54. The van der Waals surface area contributed by atoms with E-state index in [0.717, 1.165) is 4.47 Å². The van der Waals surface area contributed by atoms with Gasteiger partial charge in [0.15, 0.2) is 0 Å². The molecule has 1 aromatic carbocycles. The molecular weight excluding hydrogens is 282 g/mol. The van der Waals surface area contributed by atoms with Crippen LogP contribution in [0.3, 0.4) is 0 Å². The van der Waals surface area contributed by atoms with Gasteiger partial charge in [-0.25, -0.2) is 8.42 Å². The van der Waals surface area contributed by atoms with E-state index in [-0.39, 0.29) is 4.90 Å². The van der Waals surface area contributed by atoms with Crippen molar-refractivity contribution >= 4 is 16.0 Å². The van der Waals surface area contributed by atoms with Crippen LogP contribution in [-0.2, 0) is 25.1 Å². The van der Waals surface area contributed by atoms with Crippen molar-refractivity contribution in [3.63, 3.8) is 0 Å². The predicted molar refractivity (Wildman–Crippen MR) is 69.5 cm³/mol. The first-order valence-corrected chi connectivity index (χ1v) is 7.90. The number of carboxylic acids is 1. The minimum Gasteiger partial charge on any atom is -0.481 e. The fourth-order valence-corrected chi connectivity index (χ4v) is 3.73. The summed E-state index contributed by atoms with van der Waals surface area (Å²) in [4.78, 5) is 16.4. The first kappa shape index (κ1) is 13.5. The van der Waals surface area contributed by atoms with Crippen molar-refractivity contribution in [3.8, 4) is 0 Å². The van der Waals surface area contributed by atoms with Crippen molar-refractivity contribution < 1.29 is 23.2 Å². The van der Waals surface area contributed by atoms with E-state index in [1.165, 1.54) is 12.1 Å². The van der Waals surface area contributed by atoms with E-state index in [2.05, 4.69) is 0 Å². The van der Waals surface area contributed by atoms with Gasteiger partial charge in [-0.3, -0.25) is 9.63 Å². The highest BCUT2D eigenvalue weighted by atomic mass is 32.2. The van der Waals surface area contributed by atoms with Crippen LogP contribution in [0.25, 0.3) is 0 Å². The molecule has 6 nitrogen and oxygen atoms in total. The Bertz CT molecular complexity index is 627. The molecule has 1 aliphatic carbocycles. The Labute approximate surface area is 117 Å². The minimum atomic E-state index is -3.64. The second-order valence-corrected chi connectivity index (χ2v) is 6.96. The molecule has 3 rings (SSSR count).